The first kappa shape index (κ1) is 19.4. The van der Waals surface area contributed by atoms with Crippen molar-refractivity contribution in [1.29, 1.82) is 0 Å². The summed E-state index contributed by atoms with van der Waals surface area (Å²) < 4.78 is 5.80. The van der Waals surface area contributed by atoms with E-state index >= 15 is 0 Å². The van der Waals surface area contributed by atoms with Crippen LogP contribution in [0.3, 0.4) is 0 Å². The summed E-state index contributed by atoms with van der Waals surface area (Å²) in [5, 5.41) is 0. The van der Waals surface area contributed by atoms with Crippen molar-refractivity contribution >= 4 is 11.6 Å². The van der Waals surface area contributed by atoms with Crippen LogP contribution in [-0.2, 0) is 4.74 Å². The molecule has 0 N–H and O–H groups in total. The Kier molecular flexibility index (Phi) is 6.51. The number of nitrogens with zero attached hydrogens (tertiary/aromatic N) is 2. The van der Waals surface area contributed by atoms with Gasteiger partial charge in [-0.15, -0.1) is 0 Å². The largest absolute Gasteiger partial charge is 0.378 e. The number of ether oxygens (including phenoxy) is 1. The number of carbonyl (C=O) groups excluding carboxylic acids is 1. The van der Waals surface area contributed by atoms with Crippen molar-refractivity contribution in [1.82, 2.24) is 4.90 Å². The van der Waals surface area contributed by atoms with Gasteiger partial charge < -0.3 is 14.5 Å². The van der Waals surface area contributed by atoms with Crippen molar-refractivity contribution in [2.24, 2.45) is 0 Å². The van der Waals surface area contributed by atoms with Crippen molar-refractivity contribution in [3.05, 3.63) is 54.1 Å². The van der Waals surface area contributed by atoms with Gasteiger partial charge in [-0.25, -0.2) is 0 Å². The smallest absolute Gasteiger partial charge is 0.253 e. The number of amides is 1. The average Bonchev–Trinajstić information content (AvgIpc) is 2.72. The SMILES string of the molecule is CCN(CC1CCCCO1)C(=O)c1ccc(-c2ccc(N(C)C)cc2)cc1. The van der Waals surface area contributed by atoms with E-state index in [1.54, 1.807) is 0 Å². The molecular formula is C23H30N2O2. The molecule has 1 atom stereocenters. The van der Waals surface area contributed by atoms with Crippen molar-refractivity contribution in [2.75, 3.05) is 38.7 Å². The molecule has 0 spiro atoms. The van der Waals surface area contributed by atoms with Gasteiger partial charge in [-0.3, -0.25) is 4.79 Å². The molecule has 0 saturated carbocycles. The molecule has 0 aliphatic carbocycles. The van der Waals surface area contributed by atoms with E-state index in [0.717, 1.165) is 36.1 Å². The van der Waals surface area contributed by atoms with Crippen LogP contribution >= 0.6 is 0 Å². The van der Waals surface area contributed by atoms with E-state index in [1.807, 2.05) is 50.2 Å². The van der Waals surface area contributed by atoms with Crippen LogP contribution < -0.4 is 4.90 Å². The fourth-order valence-electron chi connectivity index (χ4n) is 3.49. The van der Waals surface area contributed by atoms with E-state index < -0.39 is 0 Å². The third-order valence-corrected chi connectivity index (χ3v) is 5.22. The van der Waals surface area contributed by atoms with E-state index in [9.17, 15) is 4.79 Å². The molecule has 2 aromatic rings. The van der Waals surface area contributed by atoms with Crippen LogP contribution in [0.25, 0.3) is 11.1 Å². The highest BCUT2D eigenvalue weighted by Crippen LogP contribution is 2.23. The number of hydrogen-bond acceptors (Lipinski definition) is 3. The summed E-state index contributed by atoms with van der Waals surface area (Å²) in [4.78, 5) is 16.9. The van der Waals surface area contributed by atoms with Crippen molar-refractivity contribution in [3.63, 3.8) is 0 Å². The Labute approximate surface area is 162 Å². The second kappa shape index (κ2) is 9.05. The molecular weight excluding hydrogens is 336 g/mol. The van der Waals surface area contributed by atoms with Gasteiger partial charge in [0.2, 0.25) is 0 Å². The summed E-state index contributed by atoms with van der Waals surface area (Å²) in [6.45, 7) is 4.23. The molecule has 4 nitrogen and oxygen atoms in total. The monoisotopic (exact) mass is 366 g/mol. The Hall–Kier alpha value is -2.33. The summed E-state index contributed by atoms with van der Waals surface area (Å²) >= 11 is 0. The van der Waals surface area contributed by atoms with Crippen LogP contribution in [0.2, 0.25) is 0 Å². The Balaban J connectivity index is 1.68. The Morgan fingerprint density at radius 3 is 2.15 bits per heavy atom. The van der Waals surface area contributed by atoms with E-state index in [0.29, 0.717) is 13.1 Å². The minimum absolute atomic E-state index is 0.0844. The third kappa shape index (κ3) is 4.89. The Bertz CT molecular complexity index is 732. The summed E-state index contributed by atoms with van der Waals surface area (Å²) in [6.07, 6.45) is 3.55. The standard InChI is InChI=1S/C23H30N2O2/c1-4-25(17-22-7-5-6-16-27-22)23(26)20-10-8-18(9-11-20)19-12-14-21(15-13-19)24(2)3/h8-15,22H,4-7,16-17H2,1-3H3. The average molecular weight is 367 g/mol. The van der Waals surface area contributed by atoms with Crippen LogP contribution in [0.15, 0.2) is 48.5 Å². The second-order valence-corrected chi connectivity index (χ2v) is 7.35. The highest BCUT2D eigenvalue weighted by molar-refractivity contribution is 5.94. The summed E-state index contributed by atoms with van der Waals surface area (Å²) in [7, 11) is 4.07. The molecule has 1 amide bonds. The zero-order chi connectivity index (χ0) is 19.2. The van der Waals surface area contributed by atoms with E-state index in [1.165, 1.54) is 12.1 Å². The maximum atomic E-state index is 12.9. The fourth-order valence-corrected chi connectivity index (χ4v) is 3.49. The minimum Gasteiger partial charge on any atom is -0.378 e. The summed E-state index contributed by atoms with van der Waals surface area (Å²) in [5.41, 5.74) is 4.19. The topological polar surface area (TPSA) is 32.8 Å². The normalized spacial score (nSPS) is 16.8. The van der Waals surface area contributed by atoms with Gasteiger partial charge >= 0.3 is 0 Å². The second-order valence-electron chi connectivity index (χ2n) is 7.35. The van der Waals surface area contributed by atoms with Gasteiger partial charge in [-0.1, -0.05) is 24.3 Å². The molecule has 0 radical (unpaired) electrons. The molecule has 0 bridgehead atoms. The molecule has 4 heteroatoms. The van der Waals surface area contributed by atoms with Crippen molar-refractivity contribution in [3.8, 4) is 11.1 Å². The molecule has 1 fully saturated rings. The molecule has 1 heterocycles. The van der Waals surface area contributed by atoms with Gasteiger partial charge in [0.1, 0.15) is 0 Å². The lowest BCUT2D eigenvalue weighted by atomic mass is 10.0. The number of hydrogen-bond donors (Lipinski definition) is 0. The lowest BCUT2D eigenvalue weighted by Crippen LogP contribution is -2.39. The Morgan fingerprint density at radius 2 is 1.63 bits per heavy atom. The molecule has 144 valence electrons. The highest BCUT2D eigenvalue weighted by Gasteiger charge is 2.21. The molecule has 1 saturated heterocycles. The first-order valence-corrected chi connectivity index (χ1v) is 9.87. The zero-order valence-electron chi connectivity index (χ0n) is 16.6. The van der Waals surface area contributed by atoms with Crippen molar-refractivity contribution < 1.29 is 9.53 Å². The Morgan fingerprint density at radius 1 is 1.00 bits per heavy atom. The first-order chi connectivity index (χ1) is 13.1. The third-order valence-electron chi connectivity index (χ3n) is 5.22. The summed E-state index contributed by atoms with van der Waals surface area (Å²) in [6, 6.07) is 16.4. The van der Waals surface area contributed by atoms with Gasteiger partial charge in [-0.2, -0.15) is 0 Å². The minimum atomic E-state index is 0.0844. The predicted octanol–water partition coefficient (Wildman–Crippen LogP) is 4.45. The van der Waals surface area contributed by atoms with E-state index in [2.05, 4.69) is 29.2 Å². The predicted molar refractivity (Wildman–Crippen MR) is 111 cm³/mol. The van der Waals surface area contributed by atoms with Gasteiger partial charge in [-0.05, 0) is 61.6 Å². The van der Waals surface area contributed by atoms with Gasteiger partial charge in [0.25, 0.3) is 5.91 Å². The maximum absolute atomic E-state index is 12.9. The van der Waals surface area contributed by atoms with Crippen LogP contribution in [0.4, 0.5) is 5.69 Å². The van der Waals surface area contributed by atoms with Gasteiger partial charge in [0.15, 0.2) is 0 Å². The van der Waals surface area contributed by atoms with Crippen LogP contribution in [0, 0.1) is 0 Å². The van der Waals surface area contributed by atoms with Crippen LogP contribution in [0.5, 0.6) is 0 Å². The zero-order valence-corrected chi connectivity index (χ0v) is 16.6. The first-order valence-electron chi connectivity index (χ1n) is 9.87. The number of likely N-dealkylation sites (N-methyl/N-ethyl adjacent to an activating group) is 1. The maximum Gasteiger partial charge on any atom is 0.253 e. The molecule has 3 rings (SSSR count). The van der Waals surface area contributed by atoms with Crippen LogP contribution in [0.1, 0.15) is 36.5 Å². The number of carbonyl (C=O) groups is 1. The van der Waals surface area contributed by atoms with Crippen molar-refractivity contribution in [2.45, 2.75) is 32.3 Å². The lowest BCUT2D eigenvalue weighted by molar-refractivity contribution is -0.00311. The molecule has 2 aromatic carbocycles. The quantitative estimate of drug-likeness (QED) is 0.757. The van der Waals surface area contributed by atoms with Gasteiger partial charge in [0, 0.05) is 45.0 Å². The molecule has 27 heavy (non-hydrogen) atoms. The van der Waals surface area contributed by atoms with Crippen LogP contribution in [-0.4, -0.2) is 50.7 Å². The fraction of sp³-hybridized carbons (Fsp3) is 0.435. The number of rotatable bonds is 6. The van der Waals surface area contributed by atoms with Gasteiger partial charge in [0.05, 0.1) is 6.10 Å². The number of anilines is 1. The molecule has 1 aliphatic heterocycles. The molecule has 0 aromatic heterocycles. The van der Waals surface area contributed by atoms with E-state index in [-0.39, 0.29) is 12.0 Å². The molecule has 1 unspecified atom stereocenters. The molecule has 1 aliphatic rings. The summed E-state index contributed by atoms with van der Waals surface area (Å²) in [5.74, 6) is 0.0844. The van der Waals surface area contributed by atoms with E-state index in [4.69, 9.17) is 4.74 Å². The highest BCUT2D eigenvalue weighted by atomic mass is 16.5. The lowest BCUT2D eigenvalue weighted by Gasteiger charge is -2.29. The number of benzene rings is 2.